The van der Waals surface area contributed by atoms with E-state index < -0.39 is 16.4 Å². The van der Waals surface area contributed by atoms with Crippen molar-refractivity contribution >= 4 is 17.3 Å². The SMILES string of the molecule is CCCNc1ccc([N+](=O)[O-])c(C(=O)NC(C)(C)C)c1. The maximum Gasteiger partial charge on any atom is 0.282 e. The molecule has 2 N–H and O–H groups in total. The normalized spacial score (nSPS) is 11.0. The molecule has 1 aromatic rings. The number of benzene rings is 1. The second-order valence-corrected chi connectivity index (χ2v) is 5.62. The number of rotatable bonds is 5. The van der Waals surface area contributed by atoms with Crippen LogP contribution in [0.25, 0.3) is 0 Å². The van der Waals surface area contributed by atoms with Gasteiger partial charge < -0.3 is 10.6 Å². The van der Waals surface area contributed by atoms with Gasteiger partial charge in [-0.2, -0.15) is 0 Å². The van der Waals surface area contributed by atoms with Gasteiger partial charge in [-0.3, -0.25) is 14.9 Å². The second-order valence-electron chi connectivity index (χ2n) is 5.62. The second kappa shape index (κ2) is 6.36. The minimum absolute atomic E-state index is 0.0750. The molecule has 0 aliphatic rings. The van der Waals surface area contributed by atoms with Crippen LogP contribution in [0, 0.1) is 10.1 Å². The number of hydrogen-bond donors (Lipinski definition) is 2. The fraction of sp³-hybridized carbons (Fsp3) is 0.500. The summed E-state index contributed by atoms with van der Waals surface area (Å²) in [4.78, 5) is 22.7. The molecule has 0 aliphatic heterocycles. The van der Waals surface area contributed by atoms with E-state index in [-0.39, 0.29) is 11.3 Å². The summed E-state index contributed by atoms with van der Waals surface area (Å²) in [5.41, 5.74) is 0.147. The minimum Gasteiger partial charge on any atom is -0.385 e. The van der Waals surface area contributed by atoms with Crippen LogP contribution in [0.4, 0.5) is 11.4 Å². The molecule has 0 heterocycles. The third kappa shape index (κ3) is 4.53. The summed E-state index contributed by atoms with van der Waals surface area (Å²) in [6, 6.07) is 4.49. The van der Waals surface area contributed by atoms with Gasteiger partial charge in [-0.1, -0.05) is 6.92 Å². The molecular formula is C14H21N3O3. The van der Waals surface area contributed by atoms with E-state index in [0.717, 1.165) is 13.0 Å². The first-order valence-corrected chi connectivity index (χ1v) is 6.59. The first kappa shape index (κ1) is 15.9. The van der Waals surface area contributed by atoms with Crippen LogP contribution in [0.1, 0.15) is 44.5 Å². The van der Waals surface area contributed by atoms with Crippen molar-refractivity contribution in [2.24, 2.45) is 0 Å². The first-order valence-electron chi connectivity index (χ1n) is 6.59. The van der Waals surface area contributed by atoms with Gasteiger partial charge in [-0.15, -0.1) is 0 Å². The van der Waals surface area contributed by atoms with Crippen LogP contribution in [0.15, 0.2) is 18.2 Å². The minimum atomic E-state index is -0.541. The van der Waals surface area contributed by atoms with E-state index in [9.17, 15) is 14.9 Å². The molecule has 0 fully saturated rings. The standard InChI is InChI=1S/C14H21N3O3/c1-5-8-15-10-6-7-12(17(19)20)11(9-10)13(18)16-14(2,3)4/h6-7,9,15H,5,8H2,1-4H3,(H,16,18). The molecule has 0 unspecified atom stereocenters. The monoisotopic (exact) mass is 279 g/mol. The van der Waals surface area contributed by atoms with Crippen LogP contribution in [0.3, 0.4) is 0 Å². The Morgan fingerprint density at radius 3 is 2.50 bits per heavy atom. The van der Waals surface area contributed by atoms with Crippen molar-refractivity contribution in [3.63, 3.8) is 0 Å². The number of nitrogens with zero attached hydrogens (tertiary/aromatic N) is 1. The first-order chi connectivity index (χ1) is 9.24. The number of hydrogen-bond acceptors (Lipinski definition) is 4. The Kier molecular flexibility index (Phi) is 5.07. The average molecular weight is 279 g/mol. The molecule has 0 aliphatic carbocycles. The van der Waals surface area contributed by atoms with Crippen molar-refractivity contribution in [2.45, 2.75) is 39.7 Å². The Hall–Kier alpha value is -2.11. The smallest absolute Gasteiger partial charge is 0.282 e. The van der Waals surface area contributed by atoms with Crippen LogP contribution in [-0.4, -0.2) is 22.9 Å². The van der Waals surface area contributed by atoms with Gasteiger partial charge in [0.1, 0.15) is 5.56 Å². The van der Waals surface area contributed by atoms with Crippen molar-refractivity contribution in [3.05, 3.63) is 33.9 Å². The summed E-state index contributed by atoms with van der Waals surface area (Å²) in [7, 11) is 0. The van der Waals surface area contributed by atoms with Gasteiger partial charge in [-0.25, -0.2) is 0 Å². The van der Waals surface area contributed by atoms with E-state index in [2.05, 4.69) is 10.6 Å². The number of anilines is 1. The van der Waals surface area contributed by atoms with Gasteiger partial charge >= 0.3 is 0 Å². The summed E-state index contributed by atoms with van der Waals surface area (Å²) in [6.07, 6.45) is 0.931. The van der Waals surface area contributed by atoms with Gasteiger partial charge in [-0.05, 0) is 39.3 Å². The van der Waals surface area contributed by atoms with Crippen LogP contribution in [-0.2, 0) is 0 Å². The summed E-state index contributed by atoms with van der Waals surface area (Å²) in [6.45, 7) is 8.26. The molecule has 1 aromatic carbocycles. The van der Waals surface area contributed by atoms with Gasteiger partial charge in [0, 0.05) is 23.8 Å². The molecule has 0 bridgehead atoms. The molecular weight excluding hydrogens is 258 g/mol. The zero-order chi connectivity index (χ0) is 15.3. The quantitative estimate of drug-likeness (QED) is 0.641. The van der Waals surface area contributed by atoms with Gasteiger partial charge in [0.15, 0.2) is 0 Å². The lowest BCUT2D eigenvalue weighted by molar-refractivity contribution is -0.385. The lowest BCUT2D eigenvalue weighted by Crippen LogP contribution is -2.40. The molecule has 0 aromatic heterocycles. The van der Waals surface area contributed by atoms with Crippen molar-refractivity contribution in [1.82, 2.24) is 5.32 Å². The Labute approximate surface area is 118 Å². The molecule has 0 spiro atoms. The zero-order valence-electron chi connectivity index (χ0n) is 12.3. The molecule has 0 radical (unpaired) electrons. The van der Waals surface area contributed by atoms with Crippen LogP contribution >= 0.6 is 0 Å². The third-order valence-electron chi connectivity index (χ3n) is 2.51. The van der Waals surface area contributed by atoms with E-state index in [1.165, 1.54) is 12.1 Å². The Morgan fingerprint density at radius 1 is 1.35 bits per heavy atom. The van der Waals surface area contributed by atoms with Crippen molar-refractivity contribution < 1.29 is 9.72 Å². The number of amides is 1. The highest BCUT2D eigenvalue weighted by atomic mass is 16.6. The van der Waals surface area contributed by atoms with E-state index >= 15 is 0 Å². The average Bonchev–Trinajstić information content (AvgIpc) is 2.33. The number of nitrogens with one attached hydrogen (secondary N) is 2. The number of carbonyl (C=O) groups excluding carboxylic acids is 1. The number of nitro groups is 1. The van der Waals surface area contributed by atoms with E-state index in [1.807, 2.05) is 27.7 Å². The topological polar surface area (TPSA) is 84.3 Å². The molecule has 0 atom stereocenters. The van der Waals surface area contributed by atoms with E-state index in [0.29, 0.717) is 5.69 Å². The van der Waals surface area contributed by atoms with Crippen molar-refractivity contribution in [3.8, 4) is 0 Å². The summed E-state index contributed by atoms with van der Waals surface area (Å²) in [5.74, 6) is -0.440. The maximum atomic E-state index is 12.2. The molecule has 0 saturated heterocycles. The predicted octanol–water partition coefficient (Wildman–Crippen LogP) is 2.95. The highest BCUT2D eigenvalue weighted by Gasteiger charge is 2.23. The van der Waals surface area contributed by atoms with Gasteiger partial charge in [0.2, 0.25) is 0 Å². The fourth-order valence-electron chi connectivity index (χ4n) is 1.66. The summed E-state index contributed by atoms with van der Waals surface area (Å²) >= 11 is 0. The summed E-state index contributed by atoms with van der Waals surface area (Å²) < 4.78 is 0. The van der Waals surface area contributed by atoms with Crippen molar-refractivity contribution in [1.29, 1.82) is 0 Å². The molecule has 1 rings (SSSR count). The molecule has 6 heteroatoms. The molecule has 0 saturated carbocycles. The van der Waals surface area contributed by atoms with Crippen LogP contribution < -0.4 is 10.6 Å². The highest BCUT2D eigenvalue weighted by Crippen LogP contribution is 2.23. The Morgan fingerprint density at radius 2 is 2.00 bits per heavy atom. The van der Waals surface area contributed by atoms with Crippen LogP contribution in [0.2, 0.25) is 0 Å². The Bertz CT molecular complexity index is 507. The van der Waals surface area contributed by atoms with Crippen molar-refractivity contribution in [2.75, 3.05) is 11.9 Å². The highest BCUT2D eigenvalue weighted by molar-refractivity contribution is 5.99. The molecule has 1 amide bonds. The third-order valence-corrected chi connectivity index (χ3v) is 2.51. The fourth-order valence-corrected chi connectivity index (χ4v) is 1.66. The zero-order valence-corrected chi connectivity index (χ0v) is 12.3. The molecule has 6 nitrogen and oxygen atoms in total. The number of carbonyl (C=O) groups is 1. The van der Waals surface area contributed by atoms with E-state index in [4.69, 9.17) is 0 Å². The largest absolute Gasteiger partial charge is 0.385 e. The van der Waals surface area contributed by atoms with Crippen LogP contribution in [0.5, 0.6) is 0 Å². The number of nitro benzene ring substituents is 1. The predicted molar refractivity (Wildman–Crippen MR) is 79.1 cm³/mol. The molecule has 110 valence electrons. The van der Waals surface area contributed by atoms with E-state index in [1.54, 1.807) is 6.07 Å². The maximum absolute atomic E-state index is 12.2. The van der Waals surface area contributed by atoms with Gasteiger partial charge in [0.25, 0.3) is 11.6 Å². The summed E-state index contributed by atoms with van der Waals surface area (Å²) in [5, 5.41) is 16.9. The van der Waals surface area contributed by atoms with Gasteiger partial charge in [0.05, 0.1) is 4.92 Å². The lowest BCUT2D eigenvalue weighted by Gasteiger charge is -2.20. The molecule has 20 heavy (non-hydrogen) atoms. The Balaban J connectivity index is 3.11. The lowest BCUT2D eigenvalue weighted by atomic mass is 10.1.